The Bertz CT molecular complexity index is 1180. The molecule has 32 heavy (non-hydrogen) atoms. The lowest BCUT2D eigenvalue weighted by molar-refractivity contribution is -0.119. The van der Waals surface area contributed by atoms with Crippen molar-refractivity contribution in [2.45, 2.75) is 11.8 Å². The summed E-state index contributed by atoms with van der Waals surface area (Å²) in [7, 11) is -2.80. The van der Waals surface area contributed by atoms with E-state index < -0.39 is 22.5 Å². The van der Waals surface area contributed by atoms with Gasteiger partial charge in [-0.15, -0.1) is 0 Å². The second kappa shape index (κ2) is 10.4. The van der Waals surface area contributed by atoms with E-state index in [1.807, 2.05) is 6.92 Å². The summed E-state index contributed by atoms with van der Waals surface area (Å²) in [5.74, 6) is 0.323. The van der Waals surface area contributed by atoms with Crippen molar-refractivity contribution in [3.05, 3.63) is 77.8 Å². The highest BCUT2D eigenvalue weighted by Crippen LogP contribution is 2.32. The van der Waals surface area contributed by atoms with Crippen molar-refractivity contribution >= 4 is 33.2 Å². The van der Waals surface area contributed by atoms with Gasteiger partial charge in [-0.25, -0.2) is 8.42 Å². The number of benzene rings is 3. The Balaban J connectivity index is 1.97. The summed E-state index contributed by atoms with van der Waals surface area (Å²) in [6.07, 6.45) is 0. The summed E-state index contributed by atoms with van der Waals surface area (Å²) < 4.78 is 43.7. The van der Waals surface area contributed by atoms with E-state index in [2.05, 4.69) is 0 Å². The van der Waals surface area contributed by atoms with Crippen LogP contribution in [-0.4, -0.2) is 34.6 Å². The zero-order valence-electron chi connectivity index (χ0n) is 17.5. The van der Waals surface area contributed by atoms with E-state index in [-0.39, 0.29) is 15.6 Å². The zero-order valence-corrected chi connectivity index (χ0v) is 19.1. The number of anilines is 1. The molecule has 7 nitrogen and oxygen atoms in total. The first-order valence-electron chi connectivity index (χ1n) is 9.70. The average molecular weight is 476 g/mol. The van der Waals surface area contributed by atoms with Crippen LogP contribution >= 0.6 is 11.6 Å². The van der Waals surface area contributed by atoms with Gasteiger partial charge in [0.1, 0.15) is 5.75 Å². The maximum Gasteiger partial charge on any atom is 0.278 e. The topological polar surface area (TPSA) is 82.1 Å². The summed E-state index contributed by atoms with van der Waals surface area (Å²) in [6, 6.07) is 18.8. The smallest absolute Gasteiger partial charge is 0.278 e. The standard InChI is InChI=1S/C23H22ClNO6S/c1-3-30-21-11-7-8-12-22(21)31-16-23(26)25(17-13-14-20(29-2)19(24)15-17)32(27,28)18-9-5-4-6-10-18/h4-15H,3,16H2,1-2H3. The van der Waals surface area contributed by atoms with Crippen molar-refractivity contribution in [3.8, 4) is 17.2 Å². The van der Waals surface area contributed by atoms with Gasteiger partial charge >= 0.3 is 0 Å². The monoisotopic (exact) mass is 475 g/mol. The molecule has 0 saturated heterocycles. The summed E-state index contributed by atoms with van der Waals surface area (Å²) in [5.41, 5.74) is 0.0614. The first-order chi connectivity index (χ1) is 15.4. The van der Waals surface area contributed by atoms with Crippen LogP contribution in [0.1, 0.15) is 6.92 Å². The third kappa shape index (κ3) is 5.15. The molecule has 0 radical (unpaired) electrons. The number of para-hydroxylation sites is 2. The fourth-order valence-corrected chi connectivity index (χ4v) is 4.61. The number of ether oxygens (including phenoxy) is 3. The van der Waals surface area contributed by atoms with Gasteiger partial charge in [0.05, 0.1) is 29.3 Å². The number of halogens is 1. The SMILES string of the molecule is CCOc1ccccc1OCC(=O)N(c1ccc(OC)c(Cl)c1)S(=O)(=O)c1ccccc1. The van der Waals surface area contributed by atoms with Crippen molar-refractivity contribution in [2.24, 2.45) is 0 Å². The molecular weight excluding hydrogens is 454 g/mol. The molecule has 0 unspecified atom stereocenters. The summed E-state index contributed by atoms with van der Waals surface area (Å²) in [4.78, 5) is 13.1. The fraction of sp³-hybridized carbons (Fsp3) is 0.174. The van der Waals surface area contributed by atoms with Gasteiger partial charge in [-0.3, -0.25) is 4.79 Å². The molecule has 3 rings (SSSR count). The molecular formula is C23H22ClNO6S. The third-order valence-corrected chi connectivity index (χ3v) is 6.44. The highest BCUT2D eigenvalue weighted by Gasteiger charge is 2.32. The minimum atomic E-state index is -4.24. The number of hydrogen-bond acceptors (Lipinski definition) is 6. The molecule has 0 atom stereocenters. The molecule has 9 heteroatoms. The summed E-state index contributed by atoms with van der Waals surface area (Å²) >= 11 is 6.20. The molecule has 0 spiro atoms. The van der Waals surface area contributed by atoms with Crippen LogP contribution in [0.25, 0.3) is 0 Å². The minimum Gasteiger partial charge on any atom is -0.495 e. The van der Waals surface area contributed by atoms with E-state index >= 15 is 0 Å². The van der Waals surface area contributed by atoms with Gasteiger partial charge in [-0.2, -0.15) is 4.31 Å². The lowest BCUT2D eigenvalue weighted by Crippen LogP contribution is -2.40. The molecule has 0 bridgehead atoms. The van der Waals surface area contributed by atoms with Crippen molar-refractivity contribution in [3.63, 3.8) is 0 Å². The highest BCUT2D eigenvalue weighted by molar-refractivity contribution is 7.93. The Kier molecular flexibility index (Phi) is 7.61. The molecule has 0 N–H and O–H groups in total. The number of nitrogens with zero attached hydrogens (tertiary/aromatic N) is 1. The van der Waals surface area contributed by atoms with Crippen molar-refractivity contribution in [1.29, 1.82) is 0 Å². The van der Waals surface area contributed by atoms with E-state index in [1.165, 1.54) is 37.4 Å². The molecule has 3 aromatic rings. The molecule has 0 heterocycles. The van der Waals surface area contributed by atoms with Gasteiger partial charge in [0.15, 0.2) is 18.1 Å². The predicted octanol–water partition coefficient (Wildman–Crippen LogP) is 4.55. The fourth-order valence-electron chi connectivity index (χ4n) is 2.94. The molecule has 0 fully saturated rings. The molecule has 3 aromatic carbocycles. The van der Waals surface area contributed by atoms with Gasteiger partial charge in [0.25, 0.3) is 15.9 Å². The third-order valence-electron chi connectivity index (χ3n) is 4.38. The Morgan fingerprint density at radius 3 is 2.12 bits per heavy atom. The quantitative estimate of drug-likeness (QED) is 0.451. The number of hydrogen-bond donors (Lipinski definition) is 0. The van der Waals surface area contributed by atoms with Crippen LogP contribution in [0.3, 0.4) is 0 Å². The lowest BCUT2D eigenvalue weighted by Gasteiger charge is -2.23. The maximum atomic E-state index is 13.4. The van der Waals surface area contributed by atoms with Gasteiger partial charge < -0.3 is 14.2 Å². The van der Waals surface area contributed by atoms with Gasteiger partial charge in [0, 0.05) is 0 Å². The van der Waals surface area contributed by atoms with Crippen LogP contribution < -0.4 is 18.5 Å². The second-order valence-electron chi connectivity index (χ2n) is 6.46. The van der Waals surface area contributed by atoms with Crippen LogP contribution in [-0.2, 0) is 14.8 Å². The van der Waals surface area contributed by atoms with E-state index in [9.17, 15) is 13.2 Å². The second-order valence-corrected chi connectivity index (χ2v) is 8.66. The molecule has 0 aliphatic carbocycles. The Hall–Kier alpha value is -3.23. The maximum absolute atomic E-state index is 13.4. The van der Waals surface area contributed by atoms with E-state index in [1.54, 1.807) is 42.5 Å². The summed E-state index contributed by atoms with van der Waals surface area (Å²) in [5, 5.41) is 0.161. The van der Waals surface area contributed by atoms with Gasteiger partial charge in [-0.1, -0.05) is 41.9 Å². The van der Waals surface area contributed by atoms with Crippen LogP contribution in [0.2, 0.25) is 5.02 Å². The summed E-state index contributed by atoms with van der Waals surface area (Å²) in [6.45, 7) is 1.69. The molecule has 0 aromatic heterocycles. The van der Waals surface area contributed by atoms with Crippen LogP contribution in [0.15, 0.2) is 77.7 Å². The number of amides is 1. The number of carbonyl (C=O) groups excluding carboxylic acids is 1. The van der Waals surface area contributed by atoms with Crippen molar-refractivity contribution in [1.82, 2.24) is 0 Å². The van der Waals surface area contributed by atoms with Crippen LogP contribution in [0.5, 0.6) is 17.2 Å². The van der Waals surface area contributed by atoms with E-state index in [0.29, 0.717) is 28.2 Å². The first-order valence-corrected chi connectivity index (χ1v) is 11.5. The zero-order chi connectivity index (χ0) is 23.1. The Morgan fingerprint density at radius 2 is 1.53 bits per heavy atom. The Labute approximate surface area is 192 Å². The number of sulfonamides is 1. The normalized spacial score (nSPS) is 11.0. The number of rotatable bonds is 9. The number of methoxy groups -OCH3 is 1. The average Bonchev–Trinajstić information content (AvgIpc) is 2.79. The molecule has 1 amide bonds. The van der Waals surface area contributed by atoms with Crippen molar-refractivity contribution < 1.29 is 27.4 Å². The van der Waals surface area contributed by atoms with Crippen LogP contribution in [0.4, 0.5) is 5.69 Å². The minimum absolute atomic E-state index is 0.0463. The van der Waals surface area contributed by atoms with Crippen LogP contribution in [0, 0.1) is 0 Å². The first kappa shape index (κ1) is 23.4. The Morgan fingerprint density at radius 1 is 0.906 bits per heavy atom. The van der Waals surface area contributed by atoms with Gasteiger partial charge in [-0.05, 0) is 49.4 Å². The predicted molar refractivity (Wildman–Crippen MR) is 122 cm³/mol. The van der Waals surface area contributed by atoms with Crippen molar-refractivity contribution in [2.75, 3.05) is 24.6 Å². The lowest BCUT2D eigenvalue weighted by atomic mass is 10.3. The van der Waals surface area contributed by atoms with E-state index in [0.717, 1.165) is 0 Å². The molecule has 168 valence electrons. The molecule has 0 aliphatic rings. The largest absolute Gasteiger partial charge is 0.495 e. The number of carbonyl (C=O) groups is 1. The van der Waals surface area contributed by atoms with E-state index in [4.69, 9.17) is 25.8 Å². The molecule has 0 aliphatic heterocycles. The highest BCUT2D eigenvalue weighted by atomic mass is 35.5. The van der Waals surface area contributed by atoms with Gasteiger partial charge in [0.2, 0.25) is 0 Å². The molecule has 0 saturated carbocycles.